The van der Waals surface area contributed by atoms with Crippen LogP contribution >= 0.6 is 39.0 Å². The first-order valence-corrected chi connectivity index (χ1v) is 13.7. The number of ketones is 1. The van der Waals surface area contributed by atoms with Crippen molar-refractivity contribution in [3.63, 3.8) is 0 Å². The molecule has 1 aliphatic rings. The maximum Gasteiger partial charge on any atom is 0.267 e. The van der Waals surface area contributed by atoms with Crippen LogP contribution in [0.5, 0.6) is 5.75 Å². The average molecular weight is 556 g/mol. The topological polar surface area (TPSA) is 61.2 Å². The number of rotatable bonds is 6. The van der Waals surface area contributed by atoms with Crippen LogP contribution in [0.15, 0.2) is 63.0 Å². The third-order valence-corrected chi connectivity index (χ3v) is 8.74. The number of hydrogen-bond donors (Lipinski definition) is 0. The molecule has 0 saturated carbocycles. The Bertz CT molecular complexity index is 1430. The Morgan fingerprint density at radius 2 is 1.94 bits per heavy atom. The van der Waals surface area contributed by atoms with E-state index in [1.165, 1.54) is 16.6 Å². The Balaban J connectivity index is 1.59. The molecule has 2 aromatic carbocycles. The molecule has 0 radical (unpaired) electrons. The molecule has 0 saturated heterocycles. The highest BCUT2D eigenvalue weighted by molar-refractivity contribution is 9.10. The molecule has 0 fully saturated rings. The second-order valence-corrected chi connectivity index (χ2v) is 11.4. The zero-order valence-electron chi connectivity index (χ0n) is 18.8. The lowest BCUT2D eigenvalue weighted by atomic mass is 9.89. The first-order valence-electron chi connectivity index (χ1n) is 11.1. The summed E-state index contributed by atoms with van der Waals surface area (Å²) in [4.78, 5) is 33.7. The average Bonchev–Trinajstić information content (AvgIpc) is 3.20. The molecule has 1 aliphatic carbocycles. The number of Topliss-reactive ketones (excluding diaryl/α,β-unsaturated/α-hetero) is 1. The standard InChI is InChI=1S/C26H23BrN2O3S2/c1-15-3-12-20-22(13-15)34-24-23(20)25(31)29(18-8-10-19(32-2)11-9-18)26(28-24)33-14-21(30)16-4-6-17(27)7-5-16/h4-11,15H,3,12-14H2,1-2H3/t15-/m1/s1. The number of nitrogens with zero attached hydrogens (tertiary/aromatic N) is 2. The Morgan fingerprint density at radius 3 is 2.65 bits per heavy atom. The number of hydrogen-bond acceptors (Lipinski definition) is 6. The van der Waals surface area contributed by atoms with Gasteiger partial charge in [0.2, 0.25) is 0 Å². The van der Waals surface area contributed by atoms with Crippen molar-refractivity contribution in [1.82, 2.24) is 9.55 Å². The molecule has 0 unspecified atom stereocenters. The molecule has 2 heterocycles. The Kier molecular flexibility index (Phi) is 6.64. The second kappa shape index (κ2) is 9.68. The molecule has 4 aromatic rings. The lowest BCUT2D eigenvalue weighted by molar-refractivity contribution is 0.102. The number of aromatic nitrogens is 2. The molecular weight excluding hydrogens is 532 g/mol. The molecule has 0 spiro atoms. The number of benzene rings is 2. The highest BCUT2D eigenvalue weighted by Crippen LogP contribution is 2.37. The minimum atomic E-state index is -0.0687. The van der Waals surface area contributed by atoms with Crippen molar-refractivity contribution >= 4 is 55.0 Å². The second-order valence-electron chi connectivity index (χ2n) is 8.48. The van der Waals surface area contributed by atoms with Gasteiger partial charge in [-0.25, -0.2) is 4.98 Å². The summed E-state index contributed by atoms with van der Waals surface area (Å²) in [5, 5.41) is 1.26. The molecule has 0 N–H and O–H groups in total. The van der Waals surface area contributed by atoms with Crippen molar-refractivity contribution in [2.45, 2.75) is 31.3 Å². The molecular formula is C26H23BrN2O3S2. The zero-order chi connectivity index (χ0) is 23.8. The van der Waals surface area contributed by atoms with Crippen LogP contribution in [0, 0.1) is 5.92 Å². The number of aryl methyl sites for hydroxylation is 1. The number of ether oxygens (including phenoxy) is 1. The minimum Gasteiger partial charge on any atom is -0.497 e. The first-order chi connectivity index (χ1) is 16.4. The van der Waals surface area contributed by atoms with Gasteiger partial charge in [0.1, 0.15) is 10.6 Å². The van der Waals surface area contributed by atoms with Crippen LogP contribution in [0.4, 0.5) is 0 Å². The van der Waals surface area contributed by atoms with Gasteiger partial charge in [0.15, 0.2) is 10.9 Å². The van der Waals surface area contributed by atoms with E-state index in [-0.39, 0.29) is 17.1 Å². The van der Waals surface area contributed by atoms with E-state index in [0.717, 1.165) is 39.5 Å². The first kappa shape index (κ1) is 23.3. The van der Waals surface area contributed by atoms with Crippen molar-refractivity contribution < 1.29 is 9.53 Å². The number of fused-ring (bicyclic) bond motifs is 3. The molecule has 5 nitrogen and oxygen atoms in total. The highest BCUT2D eigenvalue weighted by atomic mass is 79.9. The SMILES string of the molecule is COc1ccc(-n2c(SCC(=O)c3ccc(Br)cc3)nc3sc4c(c3c2=O)CC[C@@H](C)C4)cc1. The molecule has 2 aromatic heterocycles. The van der Waals surface area contributed by atoms with E-state index >= 15 is 0 Å². The predicted octanol–water partition coefficient (Wildman–Crippen LogP) is 6.32. The van der Waals surface area contributed by atoms with Crippen LogP contribution in [-0.4, -0.2) is 28.2 Å². The summed E-state index contributed by atoms with van der Waals surface area (Å²) in [6.45, 7) is 2.26. The number of carbonyl (C=O) groups is 1. The van der Waals surface area contributed by atoms with Crippen LogP contribution in [0.25, 0.3) is 15.9 Å². The molecule has 0 aliphatic heterocycles. The molecule has 8 heteroatoms. The summed E-state index contributed by atoms with van der Waals surface area (Å²) >= 11 is 6.33. The Morgan fingerprint density at radius 1 is 1.21 bits per heavy atom. The number of thioether (sulfide) groups is 1. The lowest BCUT2D eigenvalue weighted by Crippen LogP contribution is -2.23. The summed E-state index contributed by atoms with van der Waals surface area (Å²) in [6, 6.07) is 14.7. The number of thiophene rings is 1. The Labute approximate surface area is 214 Å². The fourth-order valence-electron chi connectivity index (χ4n) is 4.28. The summed E-state index contributed by atoms with van der Waals surface area (Å²) < 4.78 is 7.86. The quantitative estimate of drug-likeness (QED) is 0.158. The van der Waals surface area contributed by atoms with Crippen LogP contribution in [0.3, 0.4) is 0 Å². The zero-order valence-corrected chi connectivity index (χ0v) is 22.1. The van der Waals surface area contributed by atoms with E-state index in [0.29, 0.717) is 28.1 Å². The van der Waals surface area contributed by atoms with Crippen LogP contribution in [0.2, 0.25) is 0 Å². The maximum absolute atomic E-state index is 13.9. The number of carbonyl (C=O) groups excluding carboxylic acids is 1. The summed E-state index contributed by atoms with van der Waals surface area (Å²) in [5.41, 5.74) is 2.43. The normalized spacial score (nSPS) is 15.3. The van der Waals surface area contributed by atoms with Gasteiger partial charge in [-0.2, -0.15) is 0 Å². The number of halogens is 1. The van der Waals surface area contributed by atoms with Crippen LogP contribution in [0.1, 0.15) is 34.1 Å². The molecule has 5 rings (SSSR count). The lowest BCUT2D eigenvalue weighted by Gasteiger charge is -2.18. The summed E-state index contributed by atoms with van der Waals surface area (Å²) in [5.74, 6) is 1.51. The smallest absolute Gasteiger partial charge is 0.267 e. The Hall–Kier alpha value is -2.42. The third-order valence-electron chi connectivity index (χ3n) is 6.13. The van der Waals surface area contributed by atoms with Gasteiger partial charge in [0.05, 0.1) is 23.9 Å². The third kappa shape index (κ3) is 4.46. The van der Waals surface area contributed by atoms with Crippen molar-refractivity contribution in [3.05, 3.63) is 79.4 Å². The van der Waals surface area contributed by atoms with E-state index in [4.69, 9.17) is 9.72 Å². The van der Waals surface area contributed by atoms with Gasteiger partial charge >= 0.3 is 0 Å². The monoisotopic (exact) mass is 554 g/mol. The van der Waals surface area contributed by atoms with Gasteiger partial charge in [-0.3, -0.25) is 14.2 Å². The van der Waals surface area contributed by atoms with Crippen LogP contribution in [-0.2, 0) is 12.8 Å². The largest absolute Gasteiger partial charge is 0.497 e. The van der Waals surface area contributed by atoms with Crippen molar-refractivity contribution in [3.8, 4) is 11.4 Å². The van der Waals surface area contributed by atoms with Gasteiger partial charge in [-0.1, -0.05) is 46.7 Å². The van der Waals surface area contributed by atoms with Crippen molar-refractivity contribution in [2.24, 2.45) is 5.92 Å². The number of methoxy groups -OCH3 is 1. The molecule has 1 atom stereocenters. The van der Waals surface area contributed by atoms with E-state index in [9.17, 15) is 9.59 Å². The fourth-order valence-corrected chi connectivity index (χ4v) is 6.87. The fraction of sp³-hybridized carbons (Fsp3) is 0.269. The maximum atomic E-state index is 13.9. The summed E-state index contributed by atoms with van der Waals surface area (Å²) in [6.07, 6.45) is 2.98. The highest BCUT2D eigenvalue weighted by Gasteiger charge is 2.25. The van der Waals surface area contributed by atoms with Gasteiger partial charge < -0.3 is 4.74 Å². The summed E-state index contributed by atoms with van der Waals surface area (Å²) in [7, 11) is 1.61. The molecule has 34 heavy (non-hydrogen) atoms. The van der Waals surface area contributed by atoms with Crippen molar-refractivity contribution in [1.29, 1.82) is 0 Å². The van der Waals surface area contributed by atoms with Gasteiger partial charge in [0.25, 0.3) is 5.56 Å². The molecule has 174 valence electrons. The van der Waals surface area contributed by atoms with Crippen LogP contribution < -0.4 is 10.3 Å². The van der Waals surface area contributed by atoms with E-state index < -0.39 is 0 Å². The van der Waals surface area contributed by atoms with E-state index in [2.05, 4.69) is 22.9 Å². The van der Waals surface area contributed by atoms with Gasteiger partial charge in [0, 0.05) is 14.9 Å². The predicted molar refractivity (Wildman–Crippen MR) is 142 cm³/mol. The minimum absolute atomic E-state index is 0.00701. The molecule has 0 amide bonds. The van der Waals surface area contributed by atoms with Gasteiger partial charge in [-0.05, 0) is 67.1 Å². The molecule has 0 bridgehead atoms. The van der Waals surface area contributed by atoms with Crippen molar-refractivity contribution in [2.75, 3.05) is 12.9 Å². The van der Waals surface area contributed by atoms with E-state index in [1.54, 1.807) is 35.1 Å². The van der Waals surface area contributed by atoms with E-state index in [1.807, 2.05) is 36.4 Å². The van der Waals surface area contributed by atoms with Gasteiger partial charge in [-0.15, -0.1) is 11.3 Å².